The quantitative estimate of drug-likeness (QED) is 0.904. The molecule has 0 saturated carbocycles. The standard InChI is InChI=1S/C13H18N2OS2/c1-4-9(16)11-10(7-8(2)3)18-13(15-11)12-14-5-6-17-12/h5-6,8-9,16H,4,7H2,1-3H3. The molecular weight excluding hydrogens is 264 g/mol. The second kappa shape index (κ2) is 5.91. The Bertz CT molecular complexity index is 491. The third-order valence-electron chi connectivity index (χ3n) is 2.64. The van der Waals surface area contributed by atoms with Crippen molar-refractivity contribution >= 4 is 22.7 Å². The van der Waals surface area contributed by atoms with Gasteiger partial charge in [0.15, 0.2) is 10.0 Å². The van der Waals surface area contributed by atoms with E-state index in [9.17, 15) is 5.11 Å². The molecule has 0 saturated heterocycles. The van der Waals surface area contributed by atoms with Crippen LogP contribution >= 0.6 is 22.7 Å². The van der Waals surface area contributed by atoms with Gasteiger partial charge in [0.25, 0.3) is 0 Å². The number of aromatic nitrogens is 2. The predicted octanol–water partition coefficient (Wildman–Crippen LogP) is 3.91. The Morgan fingerprint density at radius 1 is 1.33 bits per heavy atom. The first-order valence-electron chi connectivity index (χ1n) is 6.19. The highest BCUT2D eigenvalue weighted by atomic mass is 32.1. The Labute approximate surface area is 116 Å². The Morgan fingerprint density at radius 2 is 2.11 bits per heavy atom. The fourth-order valence-corrected chi connectivity index (χ4v) is 3.76. The van der Waals surface area contributed by atoms with Crippen molar-refractivity contribution < 1.29 is 5.11 Å². The maximum absolute atomic E-state index is 10.1. The summed E-state index contributed by atoms with van der Waals surface area (Å²) in [5.74, 6) is 0.567. The smallest absolute Gasteiger partial charge is 0.152 e. The molecule has 5 heteroatoms. The van der Waals surface area contributed by atoms with Gasteiger partial charge in [-0.2, -0.15) is 0 Å². The first-order valence-corrected chi connectivity index (χ1v) is 7.89. The van der Waals surface area contributed by atoms with Crippen LogP contribution in [0.1, 0.15) is 43.9 Å². The molecule has 1 atom stereocenters. The number of rotatable bonds is 5. The van der Waals surface area contributed by atoms with Gasteiger partial charge >= 0.3 is 0 Å². The molecule has 1 N–H and O–H groups in total. The molecule has 0 bridgehead atoms. The van der Waals surface area contributed by atoms with E-state index in [1.54, 1.807) is 28.9 Å². The van der Waals surface area contributed by atoms with Crippen molar-refractivity contribution in [2.45, 2.75) is 39.7 Å². The maximum Gasteiger partial charge on any atom is 0.152 e. The molecule has 3 nitrogen and oxygen atoms in total. The largest absolute Gasteiger partial charge is 0.387 e. The molecule has 0 fully saturated rings. The summed E-state index contributed by atoms with van der Waals surface area (Å²) >= 11 is 3.26. The van der Waals surface area contributed by atoms with Gasteiger partial charge in [0.05, 0.1) is 11.8 Å². The first-order chi connectivity index (χ1) is 8.61. The molecule has 0 aliphatic carbocycles. The van der Waals surface area contributed by atoms with Crippen LogP contribution in [0.3, 0.4) is 0 Å². The van der Waals surface area contributed by atoms with E-state index in [1.165, 1.54) is 4.88 Å². The molecule has 0 spiro atoms. The lowest BCUT2D eigenvalue weighted by Gasteiger charge is -2.08. The van der Waals surface area contributed by atoms with Crippen LogP contribution in [0.5, 0.6) is 0 Å². The van der Waals surface area contributed by atoms with Crippen molar-refractivity contribution in [3.63, 3.8) is 0 Å². The zero-order valence-corrected chi connectivity index (χ0v) is 12.5. The third kappa shape index (κ3) is 2.96. The van der Waals surface area contributed by atoms with Crippen LogP contribution in [-0.2, 0) is 6.42 Å². The van der Waals surface area contributed by atoms with E-state index < -0.39 is 6.10 Å². The molecule has 18 heavy (non-hydrogen) atoms. The lowest BCUT2D eigenvalue weighted by molar-refractivity contribution is 0.168. The summed E-state index contributed by atoms with van der Waals surface area (Å²) in [7, 11) is 0. The predicted molar refractivity (Wildman–Crippen MR) is 77.0 cm³/mol. The van der Waals surface area contributed by atoms with Crippen molar-refractivity contribution in [2.24, 2.45) is 5.92 Å². The molecule has 2 rings (SSSR count). The zero-order chi connectivity index (χ0) is 13.1. The average Bonchev–Trinajstić information content (AvgIpc) is 2.95. The van der Waals surface area contributed by atoms with Crippen LogP contribution < -0.4 is 0 Å². The summed E-state index contributed by atoms with van der Waals surface area (Å²) in [6.07, 6.45) is 3.00. The Hall–Kier alpha value is -0.780. The zero-order valence-electron chi connectivity index (χ0n) is 10.9. The molecule has 0 amide bonds. The minimum Gasteiger partial charge on any atom is -0.387 e. The number of hydrogen-bond donors (Lipinski definition) is 1. The highest BCUT2D eigenvalue weighted by Gasteiger charge is 2.19. The molecule has 0 radical (unpaired) electrons. The average molecular weight is 282 g/mol. The fourth-order valence-electron chi connectivity index (χ4n) is 1.75. The van der Waals surface area contributed by atoms with E-state index in [2.05, 4.69) is 23.8 Å². The minimum absolute atomic E-state index is 0.455. The van der Waals surface area contributed by atoms with Crippen molar-refractivity contribution in [3.05, 3.63) is 22.1 Å². The van der Waals surface area contributed by atoms with Crippen molar-refractivity contribution in [1.82, 2.24) is 9.97 Å². The lowest BCUT2D eigenvalue weighted by Crippen LogP contribution is -2.02. The molecule has 2 heterocycles. The number of hydrogen-bond acceptors (Lipinski definition) is 5. The van der Waals surface area contributed by atoms with Crippen LogP contribution in [0.2, 0.25) is 0 Å². The normalized spacial score (nSPS) is 13.2. The monoisotopic (exact) mass is 282 g/mol. The van der Waals surface area contributed by atoms with Gasteiger partial charge in [-0.25, -0.2) is 9.97 Å². The Morgan fingerprint density at radius 3 is 2.67 bits per heavy atom. The Kier molecular flexibility index (Phi) is 4.48. The van der Waals surface area contributed by atoms with Gasteiger partial charge < -0.3 is 5.11 Å². The van der Waals surface area contributed by atoms with Gasteiger partial charge in [-0.3, -0.25) is 0 Å². The second-order valence-corrected chi connectivity index (χ2v) is 6.66. The van der Waals surface area contributed by atoms with Gasteiger partial charge in [0, 0.05) is 16.5 Å². The van der Waals surface area contributed by atoms with E-state index in [0.717, 1.165) is 22.1 Å². The van der Waals surface area contributed by atoms with Gasteiger partial charge in [0.2, 0.25) is 0 Å². The van der Waals surface area contributed by atoms with E-state index in [-0.39, 0.29) is 0 Å². The van der Waals surface area contributed by atoms with E-state index in [0.29, 0.717) is 12.3 Å². The first kappa shape index (κ1) is 13.6. The molecular formula is C13H18N2OS2. The maximum atomic E-state index is 10.1. The van der Waals surface area contributed by atoms with Crippen LogP contribution in [0.25, 0.3) is 10.0 Å². The summed E-state index contributed by atoms with van der Waals surface area (Å²) in [6.45, 7) is 6.35. The molecule has 0 aromatic carbocycles. The minimum atomic E-state index is -0.455. The topological polar surface area (TPSA) is 46.0 Å². The number of aliphatic hydroxyl groups excluding tert-OH is 1. The Balaban J connectivity index is 2.37. The fraction of sp³-hybridized carbons (Fsp3) is 0.538. The third-order valence-corrected chi connectivity index (χ3v) is 4.65. The van der Waals surface area contributed by atoms with Crippen LogP contribution in [0, 0.1) is 5.92 Å². The van der Waals surface area contributed by atoms with Crippen LogP contribution in [-0.4, -0.2) is 15.1 Å². The SMILES string of the molecule is CCC(O)c1nc(-c2nccs2)sc1CC(C)C. The number of nitrogens with zero attached hydrogens (tertiary/aromatic N) is 2. The van der Waals surface area contributed by atoms with Crippen LogP contribution in [0.15, 0.2) is 11.6 Å². The van der Waals surface area contributed by atoms with Gasteiger partial charge in [0.1, 0.15) is 0 Å². The number of aliphatic hydroxyl groups is 1. The van der Waals surface area contributed by atoms with Crippen LogP contribution in [0.4, 0.5) is 0 Å². The summed E-state index contributed by atoms with van der Waals surface area (Å²) in [6, 6.07) is 0. The summed E-state index contributed by atoms with van der Waals surface area (Å²) in [4.78, 5) is 10.1. The van der Waals surface area contributed by atoms with E-state index in [4.69, 9.17) is 0 Å². The highest BCUT2D eigenvalue weighted by Crippen LogP contribution is 2.34. The molecule has 0 aliphatic rings. The van der Waals surface area contributed by atoms with E-state index in [1.807, 2.05) is 12.3 Å². The van der Waals surface area contributed by atoms with Gasteiger partial charge in [-0.15, -0.1) is 22.7 Å². The molecule has 1 unspecified atom stereocenters. The summed E-state index contributed by atoms with van der Waals surface area (Å²) in [5, 5.41) is 13.9. The molecule has 98 valence electrons. The summed E-state index contributed by atoms with van der Waals surface area (Å²) < 4.78 is 0. The summed E-state index contributed by atoms with van der Waals surface area (Å²) in [5.41, 5.74) is 0.849. The van der Waals surface area contributed by atoms with Crippen molar-refractivity contribution in [1.29, 1.82) is 0 Å². The number of thiazole rings is 2. The van der Waals surface area contributed by atoms with Crippen molar-refractivity contribution in [2.75, 3.05) is 0 Å². The highest BCUT2D eigenvalue weighted by molar-refractivity contribution is 7.20. The van der Waals surface area contributed by atoms with Gasteiger partial charge in [-0.1, -0.05) is 20.8 Å². The molecule has 2 aromatic rings. The van der Waals surface area contributed by atoms with E-state index >= 15 is 0 Å². The lowest BCUT2D eigenvalue weighted by atomic mass is 10.1. The van der Waals surface area contributed by atoms with Gasteiger partial charge in [-0.05, 0) is 18.8 Å². The van der Waals surface area contributed by atoms with Crippen molar-refractivity contribution in [3.8, 4) is 10.0 Å². The molecule has 0 aliphatic heterocycles. The second-order valence-electron chi connectivity index (χ2n) is 4.69. The molecule has 2 aromatic heterocycles.